The Morgan fingerprint density at radius 2 is 1.86 bits per heavy atom. The number of hydroxylamine groups is 1. The first-order chi connectivity index (χ1) is 13.8. The number of benzene rings is 1. The number of unbranched alkanes of at least 4 members (excludes halogenated alkanes) is 2. The Balaban J connectivity index is 0.00000136. The third-order valence-corrected chi connectivity index (χ3v) is 4.57. The van der Waals surface area contributed by atoms with Crippen LogP contribution in [0.1, 0.15) is 59.2 Å². The normalized spacial score (nSPS) is 11.0. The molecule has 28 heavy (non-hydrogen) atoms. The number of aryl methyl sites for hydroxylation is 2. The van der Waals surface area contributed by atoms with E-state index in [1.165, 1.54) is 0 Å². The number of nitrogen functional groups attached to an aromatic ring is 1. The molecule has 0 saturated heterocycles. The number of hydrogen-bond donors (Lipinski definition) is 2. The standard InChI is InChI=1S/C20H29N5O.C2H6/c1-3-5-12-17-24-18-19(25(17)13-8-9-14-26-22-4-2)15-10-6-7-11-16(15)23-20(18)21;1-2/h6-7,10-11,22H,3-5,8-9,12-14H2,1-2H3,(H2,21,23);1-2H3. The number of para-hydroxylation sites is 1. The van der Waals surface area contributed by atoms with Gasteiger partial charge in [0.25, 0.3) is 0 Å². The fourth-order valence-corrected chi connectivity index (χ4v) is 3.29. The highest BCUT2D eigenvalue weighted by Crippen LogP contribution is 2.29. The Labute approximate surface area is 168 Å². The molecule has 0 fully saturated rings. The van der Waals surface area contributed by atoms with E-state index in [1.54, 1.807) is 0 Å². The zero-order chi connectivity index (χ0) is 20.4. The summed E-state index contributed by atoms with van der Waals surface area (Å²) in [6.45, 7) is 10.7. The lowest BCUT2D eigenvalue weighted by Crippen LogP contribution is -2.14. The Morgan fingerprint density at radius 1 is 1.07 bits per heavy atom. The van der Waals surface area contributed by atoms with Crippen LogP contribution in [-0.4, -0.2) is 27.7 Å². The number of aromatic nitrogens is 3. The number of nitrogens with one attached hydrogen (secondary N) is 1. The molecule has 3 aromatic rings. The van der Waals surface area contributed by atoms with Gasteiger partial charge in [-0.25, -0.2) is 15.4 Å². The van der Waals surface area contributed by atoms with Gasteiger partial charge in [-0.3, -0.25) is 0 Å². The van der Waals surface area contributed by atoms with Crippen molar-refractivity contribution in [2.75, 3.05) is 18.9 Å². The highest BCUT2D eigenvalue weighted by molar-refractivity contribution is 6.06. The summed E-state index contributed by atoms with van der Waals surface area (Å²) < 4.78 is 2.35. The van der Waals surface area contributed by atoms with Crippen LogP contribution in [0, 0.1) is 0 Å². The van der Waals surface area contributed by atoms with E-state index in [9.17, 15) is 0 Å². The van der Waals surface area contributed by atoms with E-state index in [4.69, 9.17) is 15.6 Å². The molecular weight excluding hydrogens is 350 g/mol. The van der Waals surface area contributed by atoms with E-state index < -0.39 is 0 Å². The van der Waals surface area contributed by atoms with Gasteiger partial charge in [0.1, 0.15) is 11.3 Å². The molecule has 0 aliphatic heterocycles. The second-order valence-corrected chi connectivity index (χ2v) is 6.55. The van der Waals surface area contributed by atoms with Crippen molar-refractivity contribution in [3.8, 4) is 0 Å². The summed E-state index contributed by atoms with van der Waals surface area (Å²) in [4.78, 5) is 14.8. The number of hydrogen-bond acceptors (Lipinski definition) is 5. The van der Waals surface area contributed by atoms with Crippen molar-refractivity contribution in [3.63, 3.8) is 0 Å². The Bertz CT molecular complexity index is 859. The molecule has 3 rings (SSSR count). The number of nitrogens with zero attached hydrogens (tertiary/aromatic N) is 3. The number of rotatable bonds is 10. The maximum Gasteiger partial charge on any atom is 0.152 e. The first kappa shape index (κ1) is 22.1. The molecule has 0 spiro atoms. The van der Waals surface area contributed by atoms with Gasteiger partial charge >= 0.3 is 0 Å². The SMILES string of the molecule is CC.CCCCc1nc2c(N)nc3ccccc3c2n1CCCCONCC. The van der Waals surface area contributed by atoms with Gasteiger partial charge in [0.2, 0.25) is 0 Å². The van der Waals surface area contributed by atoms with Crippen molar-refractivity contribution < 1.29 is 4.84 Å². The summed E-state index contributed by atoms with van der Waals surface area (Å²) in [5, 5.41) is 1.12. The van der Waals surface area contributed by atoms with Crippen molar-refractivity contribution >= 4 is 27.8 Å². The molecule has 2 aromatic heterocycles. The first-order valence-corrected chi connectivity index (χ1v) is 10.6. The maximum atomic E-state index is 6.23. The zero-order valence-electron chi connectivity index (χ0n) is 17.8. The van der Waals surface area contributed by atoms with Crippen LogP contribution in [0.15, 0.2) is 24.3 Å². The topological polar surface area (TPSA) is 78.0 Å². The van der Waals surface area contributed by atoms with Crippen molar-refractivity contribution in [2.24, 2.45) is 0 Å². The molecule has 154 valence electrons. The van der Waals surface area contributed by atoms with E-state index >= 15 is 0 Å². The lowest BCUT2D eigenvalue weighted by molar-refractivity contribution is 0.0417. The van der Waals surface area contributed by atoms with Crippen LogP contribution < -0.4 is 11.2 Å². The molecule has 0 bridgehead atoms. The predicted octanol–water partition coefficient (Wildman–Crippen LogP) is 4.86. The number of fused-ring (bicyclic) bond motifs is 3. The number of nitrogens with two attached hydrogens (primary N) is 1. The predicted molar refractivity (Wildman–Crippen MR) is 118 cm³/mol. The smallest absolute Gasteiger partial charge is 0.152 e. The molecule has 2 heterocycles. The van der Waals surface area contributed by atoms with Gasteiger partial charge in [-0.15, -0.1) is 0 Å². The van der Waals surface area contributed by atoms with Gasteiger partial charge in [0.05, 0.1) is 17.6 Å². The molecule has 0 aliphatic carbocycles. The van der Waals surface area contributed by atoms with Crippen LogP contribution in [0.5, 0.6) is 0 Å². The van der Waals surface area contributed by atoms with Gasteiger partial charge in [-0.1, -0.05) is 52.3 Å². The van der Waals surface area contributed by atoms with E-state index in [0.29, 0.717) is 5.82 Å². The van der Waals surface area contributed by atoms with Crippen molar-refractivity contribution in [2.45, 2.75) is 66.3 Å². The van der Waals surface area contributed by atoms with Crippen LogP contribution in [0.25, 0.3) is 21.9 Å². The fraction of sp³-hybridized carbons (Fsp3) is 0.545. The highest BCUT2D eigenvalue weighted by Gasteiger charge is 2.16. The molecule has 0 radical (unpaired) electrons. The fourth-order valence-electron chi connectivity index (χ4n) is 3.29. The minimum Gasteiger partial charge on any atom is -0.382 e. The van der Waals surface area contributed by atoms with Gasteiger partial charge in [-0.2, -0.15) is 0 Å². The first-order valence-electron chi connectivity index (χ1n) is 10.6. The molecule has 6 nitrogen and oxygen atoms in total. The number of anilines is 1. The van der Waals surface area contributed by atoms with Gasteiger partial charge < -0.3 is 15.1 Å². The minimum absolute atomic E-state index is 0.519. The Hall–Kier alpha value is -2.18. The third-order valence-electron chi connectivity index (χ3n) is 4.57. The van der Waals surface area contributed by atoms with Crippen molar-refractivity contribution in [1.29, 1.82) is 0 Å². The van der Waals surface area contributed by atoms with Crippen LogP contribution in [0.2, 0.25) is 0 Å². The molecule has 0 atom stereocenters. The molecule has 0 aliphatic rings. The van der Waals surface area contributed by atoms with Crippen LogP contribution >= 0.6 is 0 Å². The second-order valence-electron chi connectivity index (χ2n) is 6.55. The van der Waals surface area contributed by atoms with Crippen LogP contribution in [0.4, 0.5) is 5.82 Å². The lowest BCUT2D eigenvalue weighted by Gasteiger charge is -2.11. The molecule has 0 saturated carbocycles. The summed E-state index contributed by atoms with van der Waals surface area (Å²) in [5.41, 5.74) is 12.0. The van der Waals surface area contributed by atoms with Gasteiger partial charge in [0, 0.05) is 24.9 Å². The van der Waals surface area contributed by atoms with Gasteiger partial charge in [0.15, 0.2) is 5.82 Å². The monoisotopic (exact) mass is 385 g/mol. The molecular formula is C22H35N5O. The lowest BCUT2D eigenvalue weighted by atomic mass is 10.2. The largest absolute Gasteiger partial charge is 0.382 e. The Kier molecular flexibility index (Phi) is 9.17. The second kappa shape index (κ2) is 11.6. The summed E-state index contributed by atoms with van der Waals surface area (Å²) in [6.07, 6.45) is 5.27. The maximum absolute atomic E-state index is 6.23. The number of imidazole rings is 1. The van der Waals surface area contributed by atoms with Crippen molar-refractivity contribution in [3.05, 3.63) is 30.1 Å². The zero-order valence-corrected chi connectivity index (χ0v) is 17.8. The Morgan fingerprint density at radius 3 is 2.61 bits per heavy atom. The minimum atomic E-state index is 0.519. The molecule has 0 amide bonds. The van der Waals surface area contributed by atoms with Crippen LogP contribution in [0.3, 0.4) is 0 Å². The van der Waals surface area contributed by atoms with Crippen molar-refractivity contribution in [1.82, 2.24) is 20.0 Å². The molecule has 1 aromatic carbocycles. The molecule has 0 unspecified atom stereocenters. The number of pyridine rings is 1. The quantitative estimate of drug-likeness (QED) is 0.385. The molecule has 6 heteroatoms. The third kappa shape index (κ3) is 5.20. The summed E-state index contributed by atoms with van der Waals surface area (Å²) in [7, 11) is 0. The summed E-state index contributed by atoms with van der Waals surface area (Å²) >= 11 is 0. The van der Waals surface area contributed by atoms with E-state index in [-0.39, 0.29) is 0 Å². The molecule has 3 N–H and O–H groups in total. The van der Waals surface area contributed by atoms with E-state index in [0.717, 1.165) is 79.6 Å². The van der Waals surface area contributed by atoms with E-state index in [2.05, 4.69) is 28.0 Å². The average molecular weight is 386 g/mol. The van der Waals surface area contributed by atoms with Gasteiger partial charge in [-0.05, 0) is 25.3 Å². The average Bonchev–Trinajstić information content (AvgIpc) is 3.10. The summed E-state index contributed by atoms with van der Waals surface area (Å²) in [6, 6.07) is 8.17. The summed E-state index contributed by atoms with van der Waals surface area (Å²) in [5.74, 6) is 1.63. The van der Waals surface area contributed by atoms with Crippen LogP contribution in [-0.2, 0) is 17.8 Å². The highest BCUT2D eigenvalue weighted by atomic mass is 16.6. The van der Waals surface area contributed by atoms with E-state index in [1.807, 2.05) is 39.0 Å².